The average molecular weight is 278 g/mol. The van der Waals surface area contributed by atoms with Gasteiger partial charge >= 0.3 is 5.97 Å². The molecule has 0 saturated heterocycles. The van der Waals surface area contributed by atoms with Crippen LogP contribution in [0.5, 0.6) is 11.5 Å². The molecular formula is C13H14N2O5. The smallest absolute Gasteiger partial charge is 0.338 e. The van der Waals surface area contributed by atoms with Crippen LogP contribution in [0.4, 0.5) is 5.88 Å². The van der Waals surface area contributed by atoms with E-state index in [-0.39, 0.29) is 5.88 Å². The lowest BCUT2D eigenvalue weighted by atomic mass is 10.1. The minimum atomic E-state index is -0.497. The van der Waals surface area contributed by atoms with Gasteiger partial charge in [-0.1, -0.05) is 5.16 Å². The van der Waals surface area contributed by atoms with Gasteiger partial charge in [-0.15, -0.1) is 0 Å². The summed E-state index contributed by atoms with van der Waals surface area (Å²) in [5.41, 5.74) is 6.77. The molecule has 0 fully saturated rings. The average Bonchev–Trinajstić information content (AvgIpc) is 2.91. The summed E-state index contributed by atoms with van der Waals surface area (Å²) in [5.74, 6) is 0.466. The fourth-order valence-electron chi connectivity index (χ4n) is 1.81. The monoisotopic (exact) mass is 278 g/mol. The summed E-state index contributed by atoms with van der Waals surface area (Å²) in [6, 6.07) is 4.63. The molecule has 2 aromatic rings. The van der Waals surface area contributed by atoms with E-state index in [0.29, 0.717) is 28.3 Å². The third kappa shape index (κ3) is 2.37. The van der Waals surface area contributed by atoms with Crippen molar-refractivity contribution in [2.45, 2.75) is 0 Å². The Morgan fingerprint density at radius 2 is 1.95 bits per heavy atom. The van der Waals surface area contributed by atoms with Crippen molar-refractivity contribution in [3.05, 3.63) is 23.8 Å². The number of carbonyl (C=O) groups is 1. The number of nitrogens with zero attached hydrogens (tertiary/aromatic N) is 1. The number of benzene rings is 1. The van der Waals surface area contributed by atoms with Crippen LogP contribution in [0.15, 0.2) is 22.7 Å². The fourth-order valence-corrected chi connectivity index (χ4v) is 1.81. The molecule has 0 aliphatic rings. The molecule has 1 aromatic heterocycles. The van der Waals surface area contributed by atoms with E-state index in [0.717, 1.165) is 0 Å². The highest BCUT2D eigenvalue weighted by Crippen LogP contribution is 2.39. The van der Waals surface area contributed by atoms with Crippen molar-refractivity contribution in [3.8, 4) is 22.8 Å². The van der Waals surface area contributed by atoms with E-state index in [9.17, 15) is 4.79 Å². The molecule has 1 aromatic carbocycles. The lowest BCUT2D eigenvalue weighted by Gasteiger charge is -2.12. The number of hydrogen-bond acceptors (Lipinski definition) is 7. The van der Waals surface area contributed by atoms with Crippen molar-refractivity contribution in [3.63, 3.8) is 0 Å². The van der Waals surface area contributed by atoms with Gasteiger partial charge in [0.2, 0.25) is 5.88 Å². The van der Waals surface area contributed by atoms with Crippen LogP contribution in [0.25, 0.3) is 11.3 Å². The molecule has 0 amide bonds. The molecule has 0 aliphatic heterocycles. The van der Waals surface area contributed by atoms with Crippen molar-refractivity contribution in [2.75, 3.05) is 27.1 Å². The van der Waals surface area contributed by atoms with Crippen molar-refractivity contribution in [1.82, 2.24) is 5.16 Å². The van der Waals surface area contributed by atoms with Gasteiger partial charge in [0, 0.05) is 6.07 Å². The van der Waals surface area contributed by atoms with Crippen LogP contribution >= 0.6 is 0 Å². The first-order valence-electron chi connectivity index (χ1n) is 5.67. The Kier molecular flexibility index (Phi) is 3.79. The molecule has 0 saturated carbocycles. The van der Waals surface area contributed by atoms with E-state index in [1.165, 1.54) is 33.5 Å². The molecule has 2 N–H and O–H groups in total. The third-order valence-corrected chi connectivity index (χ3v) is 2.70. The number of nitrogens with two attached hydrogens (primary N) is 1. The van der Waals surface area contributed by atoms with Crippen molar-refractivity contribution < 1.29 is 23.5 Å². The zero-order valence-corrected chi connectivity index (χ0v) is 11.3. The van der Waals surface area contributed by atoms with Gasteiger partial charge in [-0.3, -0.25) is 0 Å². The molecule has 2 rings (SSSR count). The Hall–Kier alpha value is -2.70. The van der Waals surface area contributed by atoms with Crippen molar-refractivity contribution in [1.29, 1.82) is 0 Å². The molecule has 20 heavy (non-hydrogen) atoms. The van der Waals surface area contributed by atoms with Crippen molar-refractivity contribution >= 4 is 11.9 Å². The first-order chi connectivity index (χ1) is 9.60. The Morgan fingerprint density at radius 1 is 1.20 bits per heavy atom. The largest absolute Gasteiger partial charge is 0.493 e. The van der Waals surface area contributed by atoms with Crippen LogP contribution in [-0.2, 0) is 4.74 Å². The predicted octanol–water partition coefficient (Wildman–Crippen LogP) is 1.73. The standard InChI is InChI=1S/C13H14N2O5/c1-17-10-5-7(13(16)19-3)4-8(12(10)18-2)9-6-11(14)20-15-9/h4-6H,14H2,1-3H3. The van der Waals surface area contributed by atoms with E-state index in [4.69, 9.17) is 24.5 Å². The van der Waals surface area contributed by atoms with Crippen LogP contribution < -0.4 is 15.2 Å². The van der Waals surface area contributed by atoms with Gasteiger partial charge in [0.1, 0.15) is 5.69 Å². The molecule has 1 heterocycles. The first kappa shape index (κ1) is 13.7. The second-order valence-electron chi connectivity index (χ2n) is 3.87. The third-order valence-electron chi connectivity index (χ3n) is 2.70. The van der Waals surface area contributed by atoms with Gasteiger partial charge in [-0.25, -0.2) is 4.79 Å². The molecule has 0 unspecified atom stereocenters. The summed E-state index contributed by atoms with van der Waals surface area (Å²) < 4.78 is 20.1. The summed E-state index contributed by atoms with van der Waals surface area (Å²) in [6.07, 6.45) is 0. The number of esters is 1. The lowest BCUT2D eigenvalue weighted by Crippen LogP contribution is -2.03. The van der Waals surface area contributed by atoms with Crippen LogP contribution in [0.2, 0.25) is 0 Å². The number of rotatable bonds is 4. The van der Waals surface area contributed by atoms with E-state index >= 15 is 0 Å². The van der Waals surface area contributed by atoms with Crippen LogP contribution in [0.3, 0.4) is 0 Å². The summed E-state index contributed by atoms with van der Waals surface area (Å²) in [7, 11) is 4.26. The van der Waals surface area contributed by atoms with Crippen LogP contribution in [0, 0.1) is 0 Å². The summed E-state index contributed by atoms with van der Waals surface area (Å²) in [5, 5.41) is 3.81. The molecule has 0 spiro atoms. The van der Waals surface area contributed by atoms with E-state index in [2.05, 4.69) is 5.16 Å². The molecule has 0 radical (unpaired) electrons. The van der Waals surface area contributed by atoms with Gasteiger partial charge in [0.25, 0.3) is 0 Å². The Bertz CT molecular complexity index is 636. The SMILES string of the molecule is COC(=O)c1cc(OC)c(OC)c(-c2cc(N)on2)c1. The molecule has 7 heteroatoms. The molecule has 0 atom stereocenters. The second kappa shape index (κ2) is 5.52. The maximum atomic E-state index is 11.7. The molecule has 7 nitrogen and oxygen atoms in total. The highest BCUT2D eigenvalue weighted by atomic mass is 16.5. The molecule has 0 bridgehead atoms. The second-order valence-corrected chi connectivity index (χ2v) is 3.87. The van der Waals surface area contributed by atoms with E-state index in [1.807, 2.05) is 0 Å². The fraction of sp³-hybridized carbons (Fsp3) is 0.231. The number of hydrogen-bond donors (Lipinski definition) is 1. The highest BCUT2D eigenvalue weighted by Gasteiger charge is 2.19. The summed E-state index contributed by atoms with van der Waals surface area (Å²) in [4.78, 5) is 11.7. The van der Waals surface area contributed by atoms with E-state index < -0.39 is 5.97 Å². The number of nitrogen functional groups attached to an aromatic ring is 1. The zero-order chi connectivity index (χ0) is 14.7. The minimum Gasteiger partial charge on any atom is -0.493 e. The Labute approximate surface area is 115 Å². The molecule has 0 aliphatic carbocycles. The summed E-state index contributed by atoms with van der Waals surface area (Å²) >= 11 is 0. The number of carbonyl (C=O) groups excluding carboxylic acids is 1. The maximum absolute atomic E-state index is 11.7. The van der Waals surface area contributed by atoms with E-state index in [1.54, 1.807) is 6.07 Å². The van der Waals surface area contributed by atoms with Gasteiger partial charge in [0.15, 0.2) is 11.5 Å². The molecule has 106 valence electrons. The highest BCUT2D eigenvalue weighted by molar-refractivity contribution is 5.93. The number of aromatic nitrogens is 1. The van der Waals surface area contributed by atoms with Gasteiger partial charge in [0.05, 0.1) is 32.5 Å². The van der Waals surface area contributed by atoms with Crippen LogP contribution in [-0.4, -0.2) is 32.5 Å². The predicted molar refractivity (Wildman–Crippen MR) is 70.8 cm³/mol. The number of anilines is 1. The van der Waals surface area contributed by atoms with Gasteiger partial charge < -0.3 is 24.5 Å². The normalized spacial score (nSPS) is 10.2. The van der Waals surface area contributed by atoms with Gasteiger partial charge in [-0.05, 0) is 12.1 Å². The summed E-state index contributed by atoms with van der Waals surface area (Å²) in [6.45, 7) is 0. The quantitative estimate of drug-likeness (QED) is 0.850. The topological polar surface area (TPSA) is 96.8 Å². The lowest BCUT2D eigenvalue weighted by molar-refractivity contribution is 0.0600. The van der Waals surface area contributed by atoms with Crippen LogP contribution in [0.1, 0.15) is 10.4 Å². The number of methoxy groups -OCH3 is 3. The Morgan fingerprint density at radius 3 is 2.45 bits per heavy atom. The van der Waals surface area contributed by atoms with Crippen molar-refractivity contribution in [2.24, 2.45) is 0 Å². The Balaban J connectivity index is 2.66. The zero-order valence-electron chi connectivity index (χ0n) is 11.3. The van der Waals surface area contributed by atoms with Gasteiger partial charge in [-0.2, -0.15) is 0 Å². The number of ether oxygens (including phenoxy) is 3. The maximum Gasteiger partial charge on any atom is 0.338 e. The minimum absolute atomic E-state index is 0.157. The first-order valence-corrected chi connectivity index (χ1v) is 5.67. The molecular weight excluding hydrogens is 264 g/mol.